The van der Waals surface area contributed by atoms with E-state index in [2.05, 4.69) is 12.8 Å². The van der Waals surface area contributed by atoms with Crippen molar-refractivity contribution in [2.24, 2.45) is 5.92 Å². The Morgan fingerprint density at radius 3 is 2.45 bits per heavy atom. The second-order valence-electron chi connectivity index (χ2n) is 2.99. The summed E-state index contributed by atoms with van der Waals surface area (Å²) in [6, 6.07) is 0. The predicted molar refractivity (Wildman–Crippen MR) is 42.9 cm³/mol. The molecule has 0 N–H and O–H groups in total. The Morgan fingerprint density at radius 1 is 1.55 bits per heavy atom. The third-order valence-corrected chi connectivity index (χ3v) is 2.03. The molecule has 0 radical (unpaired) electrons. The van der Waals surface area contributed by atoms with Gasteiger partial charge < -0.3 is 9.47 Å². The van der Waals surface area contributed by atoms with Gasteiger partial charge in [-0.1, -0.05) is 6.92 Å². The lowest BCUT2D eigenvalue weighted by atomic mass is 10.1. The maximum absolute atomic E-state index is 5.36. The highest BCUT2D eigenvalue weighted by molar-refractivity contribution is 5.00. The molecule has 1 saturated heterocycles. The van der Waals surface area contributed by atoms with E-state index in [1.54, 1.807) is 6.92 Å². The van der Waals surface area contributed by atoms with Crippen LogP contribution in [-0.2, 0) is 9.47 Å². The highest BCUT2D eigenvalue weighted by Gasteiger charge is 2.29. The maximum Gasteiger partial charge on any atom is 0.230 e. The molecule has 0 atom stereocenters. The van der Waals surface area contributed by atoms with E-state index >= 15 is 0 Å². The molecule has 0 aromatic heterocycles. The summed E-state index contributed by atoms with van der Waals surface area (Å²) in [6.07, 6.45) is 6.31. The molecule has 62 valence electrons. The maximum atomic E-state index is 5.36. The molecule has 1 aliphatic heterocycles. The van der Waals surface area contributed by atoms with Crippen molar-refractivity contribution in [2.45, 2.75) is 26.1 Å². The van der Waals surface area contributed by atoms with Crippen molar-refractivity contribution in [3.8, 4) is 12.3 Å². The van der Waals surface area contributed by atoms with Crippen LogP contribution in [-0.4, -0.2) is 19.0 Å². The summed E-state index contributed by atoms with van der Waals surface area (Å²) < 4.78 is 10.7. The first-order valence-electron chi connectivity index (χ1n) is 3.96. The lowest BCUT2D eigenvalue weighted by Gasteiger charge is -2.33. The van der Waals surface area contributed by atoms with Crippen LogP contribution in [0.3, 0.4) is 0 Å². The van der Waals surface area contributed by atoms with E-state index in [1.807, 2.05) is 0 Å². The van der Waals surface area contributed by atoms with E-state index in [1.165, 1.54) is 0 Å². The fourth-order valence-electron chi connectivity index (χ4n) is 0.963. The third kappa shape index (κ3) is 1.95. The van der Waals surface area contributed by atoms with Gasteiger partial charge in [0.15, 0.2) is 0 Å². The topological polar surface area (TPSA) is 18.5 Å². The van der Waals surface area contributed by atoms with Gasteiger partial charge in [0.1, 0.15) is 0 Å². The molecule has 1 fully saturated rings. The lowest BCUT2D eigenvalue weighted by molar-refractivity contribution is -0.237. The molecule has 0 aliphatic carbocycles. The van der Waals surface area contributed by atoms with E-state index in [-0.39, 0.29) is 0 Å². The fraction of sp³-hybridized carbons (Fsp3) is 0.778. The molecule has 1 rings (SSSR count). The molecule has 0 unspecified atom stereocenters. The van der Waals surface area contributed by atoms with E-state index in [0.29, 0.717) is 5.92 Å². The number of terminal acetylenes is 1. The van der Waals surface area contributed by atoms with Crippen molar-refractivity contribution in [1.82, 2.24) is 0 Å². The Kier molecular flexibility index (Phi) is 2.53. The van der Waals surface area contributed by atoms with Crippen molar-refractivity contribution >= 4 is 0 Å². The summed E-state index contributed by atoms with van der Waals surface area (Å²) in [5.41, 5.74) is 0. The van der Waals surface area contributed by atoms with Gasteiger partial charge in [-0.2, -0.15) is 0 Å². The molecule has 1 aliphatic rings. The summed E-state index contributed by atoms with van der Waals surface area (Å²) in [5, 5.41) is 0. The number of rotatable bonds is 1. The molecule has 0 saturated carbocycles. The average Bonchev–Trinajstić information content (AvgIpc) is 2.06. The molecule has 0 amide bonds. The van der Waals surface area contributed by atoms with Crippen LogP contribution < -0.4 is 0 Å². The SMILES string of the molecule is C#CC1(C)OCC(CC)CO1. The van der Waals surface area contributed by atoms with Crippen molar-refractivity contribution < 1.29 is 9.47 Å². The largest absolute Gasteiger partial charge is 0.340 e. The number of hydrogen-bond acceptors (Lipinski definition) is 2. The van der Waals surface area contributed by atoms with E-state index in [4.69, 9.17) is 15.9 Å². The second kappa shape index (κ2) is 3.25. The number of hydrogen-bond donors (Lipinski definition) is 0. The summed E-state index contributed by atoms with van der Waals surface area (Å²) in [4.78, 5) is 0. The normalized spacial score (nSPS) is 38.1. The van der Waals surface area contributed by atoms with Crippen molar-refractivity contribution in [1.29, 1.82) is 0 Å². The minimum Gasteiger partial charge on any atom is -0.340 e. The zero-order chi connectivity index (χ0) is 8.32. The summed E-state index contributed by atoms with van der Waals surface area (Å²) >= 11 is 0. The first-order chi connectivity index (χ1) is 5.20. The van der Waals surface area contributed by atoms with Gasteiger partial charge in [-0.25, -0.2) is 0 Å². The summed E-state index contributed by atoms with van der Waals surface area (Å²) in [5.74, 6) is 2.22. The second-order valence-corrected chi connectivity index (χ2v) is 2.99. The molecular formula is C9H14O2. The highest BCUT2D eigenvalue weighted by atomic mass is 16.7. The van der Waals surface area contributed by atoms with Gasteiger partial charge in [0.05, 0.1) is 13.2 Å². The Morgan fingerprint density at radius 2 is 2.09 bits per heavy atom. The average molecular weight is 154 g/mol. The smallest absolute Gasteiger partial charge is 0.230 e. The third-order valence-electron chi connectivity index (χ3n) is 2.03. The van der Waals surface area contributed by atoms with Gasteiger partial charge in [0, 0.05) is 12.8 Å². The van der Waals surface area contributed by atoms with E-state index < -0.39 is 5.79 Å². The van der Waals surface area contributed by atoms with Crippen LogP contribution >= 0.6 is 0 Å². The molecule has 2 nitrogen and oxygen atoms in total. The fourth-order valence-corrected chi connectivity index (χ4v) is 0.963. The van der Waals surface area contributed by atoms with Crippen molar-refractivity contribution in [3.63, 3.8) is 0 Å². The summed E-state index contributed by atoms with van der Waals surface area (Å²) in [7, 11) is 0. The van der Waals surface area contributed by atoms with Crippen LogP contribution in [0.25, 0.3) is 0 Å². The van der Waals surface area contributed by atoms with Crippen LogP contribution in [0.4, 0.5) is 0 Å². The zero-order valence-electron chi connectivity index (χ0n) is 7.09. The summed E-state index contributed by atoms with van der Waals surface area (Å²) in [6.45, 7) is 5.34. The van der Waals surface area contributed by atoms with Gasteiger partial charge >= 0.3 is 0 Å². The van der Waals surface area contributed by atoms with Gasteiger partial charge in [-0.3, -0.25) is 0 Å². The Labute approximate surface area is 67.9 Å². The molecular weight excluding hydrogens is 140 g/mol. The van der Waals surface area contributed by atoms with E-state index in [0.717, 1.165) is 19.6 Å². The minimum absolute atomic E-state index is 0.511. The molecule has 0 spiro atoms. The van der Waals surface area contributed by atoms with Crippen LogP contribution in [0.1, 0.15) is 20.3 Å². The van der Waals surface area contributed by atoms with Crippen LogP contribution in [0.2, 0.25) is 0 Å². The van der Waals surface area contributed by atoms with Crippen molar-refractivity contribution in [2.75, 3.05) is 13.2 Å². The Hall–Kier alpha value is -0.520. The standard InChI is InChI=1S/C9H14O2/c1-4-8-6-10-9(3,5-2)11-7-8/h2,8H,4,6-7H2,1,3H3. The van der Waals surface area contributed by atoms with Gasteiger partial charge in [-0.15, -0.1) is 6.42 Å². The predicted octanol–water partition coefficient (Wildman–Crippen LogP) is 1.41. The number of ether oxygens (including phenoxy) is 2. The quantitative estimate of drug-likeness (QED) is 0.532. The monoisotopic (exact) mass is 154 g/mol. The van der Waals surface area contributed by atoms with Gasteiger partial charge in [-0.05, 0) is 12.3 Å². The minimum atomic E-state index is -0.772. The highest BCUT2D eigenvalue weighted by Crippen LogP contribution is 2.21. The lowest BCUT2D eigenvalue weighted by Crippen LogP contribution is -2.40. The molecule has 2 heteroatoms. The molecule has 0 aromatic carbocycles. The first-order valence-corrected chi connectivity index (χ1v) is 3.96. The molecule has 1 heterocycles. The molecule has 0 bridgehead atoms. The van der Waals surface area contributed by atoms with Gasteiger partial charge in [0.2, 0.25) is 5.79 Å². The zero-order valence-corrected chi connectivity index (χ0v) is 7.09. The van der Waals surface area contributed by atoms with Crippen LogP contribution in [0.5, 0.6) is 0 Å². The Balaban J connectivity index is 2.43. The molecule has 11 heavy (non-hydrogen) atoms. The van der Waals surface area contributed by atoms with E-state index in [9.17, 15) is 0 Å². The first kappa shape index (κ1) is 8.58. The molecule has 0 aromatic rings. The Bertz CT molecular complexity index is 161. The van der Waals surface area contributed by atoms with Gasteiger partial charge in [0.25, 0.3) is 0 Å². The van der Waals surface area contributed by atoms with Crippen LogP contribution in [0.15, 0.2) is 0 Å². The van der Waals surface area contributed by atoms with Crippen LogP contribution in [0, 0.1) is 18.3 Å². The van der Waals surface area contributed by atoms with Crippen molar-refractivity contribution in [3.05, 3.63) is 0 Å².